The van der Waals surface area contributed by atoms with Gasteiger partial charge < -0.3 is 15.1 Å². The Hall–Kier alpha value is -2.07. The summed E-state index contributed by atoms with van der Waals surface area (Å²) in [6, 6.07) is 8.03. The lowest BCUT2D eigenvalue weighted by Crippen LogP contribution is -2.03. The van der Waals surface area contributed by atoms with E-state index >= 15 is 0 Å². The molecule has 3 N–H and O–H groups in total. The Morgan fingerprint density at radius 2 is 2.17 bits per heavy atom. The van der Waals surface area contributed by atoms with Crippen molar-refractivity contribution in [1.82, 2.24) is 9.97 Å². The van der Waals surface area contributed by atoms with Gasteiger partial charge in [0.1, 0.15) is 17.1 Å². The molecule has 0 radical (unpaired) electrons. The molecule has 92 valence electrons. The molecule has 0 fully saturated rings. The summed E-state index contributed by atoms with van der Waals surface area (Å²) in [7, 11) is 0. The van der Waals surface area contributed by atoms with Gasteiger partial charge in [0.05, 0.1) is 6.20 Å². The number of aryl methyl sites for hydroxylation is 1. The van der Waals surface area contributed by atoms with Gasteiger partial charge in [-0.05, 0) is 19.5 Å². The molecule has 4 nitrogen and oxygen atoms in total. The van der Waals surface area contributed by atoms with E-state index in [0.717, 1.165) is 40.2 Å². The fourth-order valence-corrected chi connectivity index (χ4v) is 2.17. The van der Waals surface area contributed by atoms with Crippen molar-refractivity contribution in [2.24, 2.45) is 5.73 Å². The zero-order valence-electron chi connectivity index (χ0n) is 10.2. The second kappa shape index (κ2) is 4.31. The summed E-state index contributed by atoms with van der Waals surface area (Å²) in [6.45, 7) is 2.65. The van der Waals surface area contributed by atoms with E-state index < -0.39 is 0 Å². The van der Waals surface area contributed by atoms with Crippen LogP contribution in [0, 0.1) is 6.92 Å². The molecule has 4 heteroatoms. The smallest absolute Gasteiger partial charge is 0.156 e. The van der Waals surface area contributed by atoms with Gasteiger partial charge in [-0.15, -0.1) is 0 Å². The molecule has 18 heavy (non-hydrogen) atoms. The van der Waals surface area contributed by atoms with E-state index in [-0.39, 0.29) is 0 Å². The quantitative estimate of drug-likeness (QED) is 0.740. The van der Waals surface area contributed by atoms with Crippen molar-refractivity contribution in [3.8, 4) is 11.5 Å². The molecule has 0 unspecified atom stereocenters. The molecule has 0 aliphatic rings. The van der Waals surface area contributed by atoms with Gasteiger partial charge in [0.25, 0.3) is 0 Å². The van der Waals surface area contributed by atoms with Crippen LogP contribution in [0.2, 0.25) is 0 Å². The lowest BCUT2D eigenvalue weighted by atomic mass is 10.1. The summed E-state index contributed by atoms with van der Waals surface area (Å²) in [5.74, 6) is 1.75. The number of nitrogens with one attached hydrogen (secondary N) is 1. The van der Waals surface area contributed by atoms with Crippen LogP contribution in [0.25, 0.3) is 22.4 Å². The summed E-state index contributed by atoms with van der Waals surface area (Å²) < 4.78 is 5.87. The highest BCUT2D eigenvalue weighted by Gasteiger charge is 2.13. The van der Waals surface area contributed by atoms with Gasteiger partial charge in [0, 0.05) is 17.4 Å². The van der Waals surface area contributed by atoms with Crippen LogP contribution < -0.4 is 5.73 Å². The molecular weight excluding hydrogens is 226 g/mol. The first kappa shape index (κ1) is 11.0. The molecule has 0 aliphatic carbocycles. The normalized spacial score (nSPS) is 11.2. The van der Waals surface area contributed by atoms with Crippen LogP contribution in [0.1, 0.15) is 11.4 Å². The molecule has 0 atom stereocenters. The van der Waals surface area contributed by atoms with Crippen LogP contribution in [0.4, 0.5) is 0 Å². The van der Waals surface area contributed by atoms with E-state index in [4.69, 9.17) is 10.2 Å². The minimum atomic E-state index is 0.589. The third-order valence-corrected chi connectivity index (χ3v) is 3.10. The number of hydrogen-bond acceptors (Lipinski definition) is 3. The topological polar surface area (TPSA) is 67.8 Å². The number of nitrogens with zero attached hydrogens (tertiary/aromatic N) is 1. The molecule has 3 aromatic rings. The van der Waals surface area contributed by atoms with Crippen molar-refractivity contribution in [3.63, 3.8) is 0 Å². The first-order valence-electron chi connectivity index (χ1n) is 6.02. The zero-order chi connectivity index (χ0) is 12.5. The second-order valence-electron chi connectivity index (χ2n) is 4.33. The summed E-state index contributed by atoms with van der Waals surface area (Å²) >= 11 is 0. The Morgan fingerprint density at radius 1 is 1.33 bits per heavy atom. The first-order chi connectivity index (χ1) is 8.79. The standard InChI is InChI=1S/C14H15N3O/c1-9-10-4-2-3-5-12(10)18-14(9)11-8-16-13(17-11)6-7-15/h2-5,8H,6-7,15H2,1H3,(H,16,17). The highest BCUT2D eigenvalue weighted by atomic mass is 16.3. The maximum absolute atomic E-state index is 5.87. The van der Waals surface area contributed by atoms with Crippen molar-refractivity contribution in [2.45, 2.75) is 13.3 Å². The monoisotopic (exact) mass is 241 g/mol. The molecule has 1 aromatic carbocycles. The maximum Gasteiger partial charge on any atom is 0.156 e. The van der Waals surface area contributed by atoms with Crippen LogP contribution in [-0.4, -0.2) is 16.5 Å². The summed E-state index contributed by atoms with van der Waals surface area (Å²) in [5, 5.41) is 1.14. The summed E-state index contributed by atoms with van der Waals surface area (Å²) in [5.41, 5.74) is 8.46. The van der Waals surface area contributed by atoms with Gasteiger partial charge >= 0.3 is 0 Å². The van der Waals surface area contributed by atoms with Crippen LogP contribution in [0.3, 0.4) is 0 Å². The highest BCUT2D eigenvalue weighted by molar-refractivity contribution is 5.86. The van der Waals surface area contributed by atoms with E-state index in [1.165, 1.54) is 0 Å². The number of benzene rings is 1. The van der Waals surface area contributed by atoms with E-state index in [1.807, 2.05) is 18.2 Å². The predicted octanol–water partition coefficient (Wildman–Crippen LogP) is 2.63. The molecule has 2 aromatic heterocycles. The van der Waals surface area contributed by atoms with Crippen LogP contribution in [-0.2, 0) is 6.42 Å². The van der Waals surface area contributed by atoms with Gasteiger partial charge in [-0.2, -0.15) is 0 Å². The number of hydrogen-bond donors (Lipinski definition) is 2. The van der Waals surface area contributed by atoms with Gasteiger partial charge in [0.15, 0.2) is 5.76 Å². The maximum atomic E-state index is 5.87. The number of aromatic nitrogens is 2. The van der Waals surface area contributed by atoms with Crippen LogP contribution >= 0.6 is 0 Å². The number of imidazole rings is 1. The van der Waals surface area contributed by atoms with Crippen molar-refractivity contribution in [2.75, 3.05) is 6.54 Å². The molecular formula is C14H15N3O. The van der Waals surface area contributed by atoms with E-state index in [1.54, 1.807) is 6.20 Å². The largest absolute Gasteiger partial charge is 0.454 e. The minimum Gasteiger partial charge on any atom is -0.454 e. The molecule has 0 spiro atoms. The molecule has 0 amide bonds. The number of nitrogens with two attached hydrogens (primary N) is 1. The van der Waals surface area contributed by atoms with E-state index in [2.05, 4.69) is 23.0 Å². The minimum absolute atomic E-state index is 0.589. The van der Waals surface area contributed by atoms with E-state index in [9.17, 15) is 0 Å². The fourth-order valence-electron chi connectivity index (χ4n) is 2.17. The van der Waals surface area contributed by atoms with Crippen LogP contribution in [0.5, 0.6) is 0 Å². The van der Waals surface area contributed by atoms with E-state index in [0.29, 0.717) is 6.54 Å². The first-order valence-corrected chi connectivity index (χ1v) is 6.02. The Morgan fingerprint density at radius 3 is 2.94 bits per heavy atom. The fraction of sp³-hybridized carbons (Fsp3) is 0.214. The van der Waals surface area contributed by atoms with Gasteiger partial charge in [-0.1, -0.05) is 18.2 Å². The highest BCUT2D eigenvalue weighted by Crippen LogP contribution is 2.31. The summed E-state index contributed by atoms with van der Waals surface area (Å²) in [6.07, 6.45) is 2.55. The molecule has 0 aliphatic heterocycles. The average Bonchev–Trinajstić information content (AvgIpc) is 2.96. The predicted molar refractivity (Wildman–Crippen MR) is 71.3 cm³/mol. The number of rotatable bonds is 3. The Labute approximate surface area is 105 Å². The third-order valence-electron chi connectivity index (χ3n) is 3.10. The molecule has 2 heterocycles. The molecule has 3 rings (SSSR count). The summed E-state index contributed by atoms with van der Waals surface area (Å²) in [4.78, 5) is 7.55. The zero-order valence-corrected chi connectivity index (χ0v) is 10.2. The number of fused-ring (bicyclic) bond motifs is 1. The third kappa shape index (κ3) is 1.71. The van der Waals surface area contributed by atoms with Crippen molar-refractivity contribution >= 4 is 11.0 Å². The SMILES string of the molecule is Cc1c(-c2cnc(CCN)[nH]2)oc2ccccc12. The van der Waals surface area contributed by atoms with Crippen molar-refractivity contribution in [3.05, 3.63) is 41.9 Å². The lowest BCUT2D eigenvalue weighted by Gasteiger charge is -1.94. The Balaban J connectivity index is 2.10. The van der Waals surface area contributed by atoms with Gasteiger partial charge in [0.2, 0.25) is 0 Å². The molecule has 0 saturated heterocycles. The molecule has 0 saturated carbocycles. The van der Waals surface area contributed by atoms with Crippen molar-refractivity contribution in [1.29, 1.82) is 0 Å². The number of aromatic amines is 1. The van der Waals surface area contributed by atoms with Gasteiger partial charge in [-0.3, -0.25) is 0 Å². The Bertz CT molecular complexity index is 681. The number of furan rings is 1. The number of para-hydroxylation sites is 1. The Kier molecular flexibility index (Phi) is 2.64. The number of H-pyrrole nitrogens is 1. The second-order valence-corrected chi connectivity index (χ2v) is 4.33. The molecule has 0 bridgehead atoms. The van der Waals surface area contributed by atoms with Crippen molar-refractivity contribution < 1.29 is 4.42 Å². The average molecular weight is 241 g/mol. The lowest BCUT2D eigenvalue weighted by molar-refractivity contribution is 0.626. The van der Waals surface area contributed by atoms with Crippen LogP contribution in [0.15, 0.2) is 34.9 Å². The van der Waals surface area contributed by atoms with Gasteiger partial charge in [-0.25, -0.2) is 4.98 Å².